The maximum atomic E-state index is 14.2. The van der Waals surface area contributed by atoms with Crippen LogP contribution in [0.2, 0.25) is 0 Å². The molecule has 198 valence electrons. The Bertz CT molecular complexity index is 1290. The van der Waals surface area contributed by atoms with E-state index in [-0.39, 0.29) is 13.2 Å². The Labute approximate surface area is 220 Å². The molecule has 38 heavy (non-hydrogen) atoms. The number of aliphatic carboxylic acids is 1. The third kappa shape index (κ3) is 3.92. The third-order valence-electron chi connectivity index (χ3n) is 7.36. The van der Waals surface area contributed by atoms with E-state index in [2.05, 4.69) is 5.32 Å². The molecule has 0 heterocycles. The summed E-state index contributed by atoms with van der Waals surface area (Å²) in [5.74, 6) is -4.48. The number of carboxylic acids is 1. The highest BCUT2D eigenvalue weighted by atomic mass is 16.5. The zero-order chi connectivity index (χ0) is 27.1. The average Bonchev–Trinajstić information content (AvgIpc) is 2.91. The summed E-state index contributed by atoms with van der Waals surface area (Å²) in [5.41, 5.74) is -0.296. The summed E-state index contributed by atoms with van der Waals surface area (Å²) in [5, 5.41) is 34.1. The predicted octanol–water partition coefficient (Wildman–Crippen LogP) is 3.25. The number of aliphatic hydroxyl groups excluding tert-OH is 2. The van der Waals surface area contributed by atoms with E-state index in [4.69, 9.17) is 9.47 Å². The molecule has 6 rings (SSSR count). The van der Waals surface area contributed by atoms with E-state index in [1.165, 1.54) is 0 Å². The van der Waals surface area contributed by atoms with Gasteiger partial charge in [-0.15, -0.1) is 0 Å². The fourth-order valence-corrected chi connectivity index (χ4v) is 6.08. The molecule has 1 amide bonds. The van der Waals surface area contributed by atoms with Crippen LogP contribution in [0, 0.1) is 11.8 Å². The lowest BCUT2D eigenvalue weighted by molar-refractivity contribution is -0.203. The van der Waals surface area contributed by atoms with Crippen molar-refractivity contribution in [3.05, 3.63) is 101 Å². The third-order valence-corrected chi connectivity index (χ3v) is 7.36. The van der Waals surface area contributed by atoms with E-state index in [9.17, 15) is 24.9 Å². The van der Waals surface area contributed by atoms with Gasteiger partial charge in [-0.25, -0.2) is 0 Å². The van der Waals surface area contributed by atoms with Crippen molar-refractivity contribution in [2.75, 3.05) is 18.5 Å². The molecule has 3 aromatic carbocycles. The maximum absolute atomic E-state index is 14.2. The van der Waals surface area contributed by atoms with Gasteiger partial charge in [-0.2, -0.15) is 0 Å². The first-order valence-electron chi connectivity index (χ1n) is 12.7. The van der Waals surface area contributed by atoms with Crippen LogP contribution < -0.4 is 5.32 Å². The molecule has 0 aliphatic heterocycles. The van der Waals surface area contributed by atoms with Crippen molar-refractivity contribution < 1.29 is 34.4 Å². The number of nitrogens with one attached hydrogen (secondary N) is 1. The van der Waals surface area contributed by atoms with E-state index in [0.717, 1.165) is 0 Å². The van der Waals surface area contributed by atoms with Gasteiger partial charge in [-0.05, 0) is 48.2 Å². The SMILES string of the molecule is CC(O)COC12c3ccccc3C(OCC(C)O)(c3ccccc31)C(C(=O)Nc1ccccc1)C2C(=O)O. The molecule has 0 aromatic heterocycles. The first kappa shape index (κ1) is 26.1. The van der Waals surface area contributed by atoms with Gasteiger partial charge < -0.3 is 30.1 Å². The minimum absolute atomic E-state index is 0.133. The molecule has 0 fully saturated rings. The Hall–Kier alpha value is -3.56. The molecule has 3 aliphatic carbocycles. The van der Waals surface area contributed by atoms with Crippen LogP contribution >= 0.6 is 0 Å². The van der Waals surface area contributed by atoms with Crippen LogP contribution in [0.15, 0.2) is 78.9 Å². The van der Waals surface area contributed by atoms with Crippen LogP contribution in [0.25, 0.3) is 0 Å². The monoisotopic (exact) mass is 517 g/mol. The highest BCUT2D eigenvalue weighted by Gasteiger charge is 2.71. The van der Waals surface area contributed by atoms with Crippen molar-refractivity contribution >= 4 is 17.6 Å². The van der Waals surface area contributed by atoms with Crippen LogP contribution in [-0.4, -0.2) is 52.6 Å². The van der Waals surface area contributed by atoms with Crippen molar-refractivity contribution in [1.29, 1.82) is 0 Å². The van der Waals surface area contributed by atoms with Gasteiger partial charge in [0.2, 0.25) is 5.91 Å². The van der Waals surface area contributed by atoms with Gasteiger partial charge >= 0.3 is 5.97 Å². The lowest BCUT2D eigenvalue weighted by Gasteiger charge is -2.60. The van der Waals surface area contributed by atoms with Crippen LogP contribution in [0.4, 0.5) is 5.69 Å². The molecule has 0 saturated carbocycles. The van der Waals surface area contributed by atoms with Crippen molar-refractivity contribution in [3.8, 4) is 0 Å². The average molecular weight is 518 g/mol. The van der Waals surface area contributed by atoms with E-state index in [0.29, 0.717) is 27.9 Å². The van der Waals surface area contributed by atoms with Gasteiger partial charge in [0.25, 0.3) is 0 Å². The second kappa shape index (κ2) is 9.96. The maximum Gasteiger partial charge on any atom is 0.311 e. The zero-order valence-corrected chi connectivity index (χ0v) is 21.2. The normalized spacial score (nSPS) is 26.6. The molecule has 4 unspecified atom stereocenters. The summed E-state index contributed by atoms with van der Waals surface area (Å²) in [7, 11) is 0. The lowest BCUT2D eigenvalue weighted by Crippen LogP contribution is -2.67. The number of para-hydroxylation sites is 1. The smallest absolute Gasteiger partial charge is 0.311 e. The molecule has 0 saturated heterocycles. The molecular weight excluding hydrogens is 486 g/mol. The number of rotatable bonds is 9. The fourth-order valence-electron chi connectivity index (χ4n) is 6.08. The fraction of sp³-hybridized carbons (Fsp3) is 0.333. The Kier molecular flexibility index (Phi) is 6.83. The molecule has 3 aromatic rings. The van der Waals surface area contributed by atoms with Crippen molar-refractivity contribution in [3.63, 3.8) is 0 Å². The highest BCUT2D eigenvalue weighted by molar-refractivity contribution is 5.99. The molecule has 4 N–H and O–H groups in total. The van der Waals surface area contributed by atoms with Gasteiger partial charge in [0.1, 0.15) is 17.1 Å². The minimum Gasteiger partial charge on any atom is -0.481 e. The standard InChI is InChI=1S/C30H31NO7/c1-18(32)16-37-29-21-12-6-8-14-23(21)30(38-17-19(2)33,24-15-9-7-13-22(24)29)26(28(35)36)25(29)27(34)31-20-10-4-3-5-11-20/h3-15,18-19,25-26,32-33H,16-17H2,1-2H3,(H,31,34)(H,35,36). The van der Waals surface area contributed by atoms with Gasteiger partial charge in [-0.1, -0.05) is 66.7 Å². The summed E-state index contributed by atoms with van der Waals surface area (Å²) in [6.45, 7) is 2.85. The highest BCUT2D eigenvalue weighted by Crippen LogP contribution is 2.65. The molecule has 8 heteroatoms. The quantitative estimate of drug-likeness (QED) is 0.343. The number of hydrogen-bond donors (Lipinski definition) is 4. The zero-order valence-electron chi connectivity index (χ0n) is 21.2. The molecule has 8 nitrogen and oxygen atoms in total. The van der Waals surface area contributed by atoms with Gasteiger partial charge in [0.05, 0.1) is 31.3 Å². The summed E-state index contributed by atoms with van der Waals surface area (Å²) in [6, 6.07) is 23.2. The van der Waals surface area contributed by atoms with Gasteiger partial charge in [0, 0.05) is 5.69 Å². The summed E-state index contributed by atoms with van der Waals surface area (Å²) in [4.78, 5) is 27.4. The van der Waals surface area contributed by atoms with E-state index in [1.54, 1.807) is 74.5 Å². The Morgan fingerprint density at radius 3 is 1.53 bits per heavy atom. The first-order chi connectivity index (χ1) is 18.2. The van der Waals surface area contributed by atoms with Gasteiger partial charge in [0.15, 0.2) is 0 Å². The minimum atomic E-state index is -1.58. The number of hydrogen-bond acceptors (Lipinski definition) is 6. The molecular formula is C30H31NO7. The topological polar surface area (TPSA) is 125 Å². The number of carboxylic acid groups (broad SMARTS) is 1. The summed E-state index contributed by atoms with van der Waals surface area (Å²) in [6.07, 6.45) is -1.75. The number of amides is 1. The second-order valence-electron chi connectivity index (χ2n) is 10.0. The van der Waals surface area contributed by atoms with Crippen LogP contribution in [0.1, 0.15) is 36.1 Å². The van der Waals surface area contributed by atoms with Crippen LogP contribution in [-0.2, 0) is 30.3 Å². The number of fused-ring (bicyclic) bond motifs is 1. The largest absolute Gasteiger partial charge is 0.481 e. The number of benzene rings is 3. The molecule has 0 spiro atoms. The molecule has 0 radical (unpaired) electrons. The number of ether oxygens (including phenoxy) is 2. The lowest BCUT2D eigenvalue weighted by atomic mass is 9.49. The van der Waals surface area contributed by atoms with Crippen molar-refractivity contribution in [1.82, 2.24) is 0 Å². The predicted molar refractivity (Wildman–Crippen MR) is 139 cm³/mol. The number of aliphatic hydroxyl groups is 2. The first-order valence-corrected chi connectivity index (χ1v) is 12.7. The second-order valence-corrected chi connectivity index (χ2v) is 10.0. The Balaban J connectivity index is 1.83. The summed E-state index contributed by atoms with van der Waals surface area (Å²) >= 11 is 0. The number of carbonyl (C=O) groups excluding carboxylic acids is 1. The van der Waals surface area contributed by atoms with Crippen LogP contribution in [0.5, 0.6) is 0 Å². The van der Waals surface area contributed by atoms with Crippen molar-refractivity contribution in [2.24, 2.45) is 11.8 Å². The number of anilines is 1. The van der Waals surface area contributed by atoms with E-state index >= 15 is 0 Å². The van der Waals surface area contributed by atoms with Crippen molar-refractivity contribution in [2.45, 2.75) is 37.3 Å². The van der Waals surface area contributed by atoms with Crippen LogP contribution in [0.3, 0.4) is 0 Å². The van der Waals surface area contributed by atoms with Gasteiger partial charge in [-0.3, -0.25) is 9.59 Å². The number of carbonyl (C=O) groups is 2. The van der Waals surface area contributed by atoms with E-state index in [1.807, 2.05) is 18.2 Å². The molecule has 2 bridgehead atoms. The summed E-state index contributed by atoms with van der Waals surface area (Å²) < 4.78 is 12.9. The Morgan fingerprint density at radius 1 is 0.737 bits per heavy atom. The van der Waals surface area contributed by atoms with E-state index < -0.39 is 47.1 Å². The molecule has 4 atom stereocenters. The Morgan fingerprint density at radius 2 is 1.13 bits per heavy atom. The molecule has 3 aliphatic rings.